The minimum atomic E-state index is -0.594. The first-order valence-electron chi connectivity index (χ1n) is 6.71. The summed E-state index contributed by atoms with van der Waals surface area (Å²) in [6.07, 6.45) is 3.58. The van der Waals surface area contributed by atoms with Crippen LogP contribution in [0.15, 0.2) is 0 Å². The number of amides is 1. The summed E-state index contributed by atoms with van der Waals surface area (Å²) in [5, 5.41) is 9.86. The average Bonchev–Trinajstić information content (AvgIpc) is 2.97. The Morgan fingerprint density at radius 2 is 2.24 bits per heavy atom. The summed E-state index contributed by atoms with van der Waals surface area (Å²) in [5.41, 5.74) is -0.594. The fourth-order valence-corrected chi connectivity index (χ4v) is 3.68. The second kappa shape index (κ2) is 3.95. The number of hydrogen-bond acceptors (Lipinski definition) is 3. The van der Waals surface area contributed by atoms with E-state index in [1.165, 1.54) is 0 Å². The zero-order valence-electron chi connectivity index (χ0n) is 10.4. The van der Waals surface area contributed by atoms with Crippen molar-refractivity contribution in [2.75, 3.05) is 19.7 Å². The summed E-state index contributed by atoms with van der Waals surface area (Å²) in [6.45, 7) is 4.15. The van der Waals surface area contributed by atoms with E-state index in [0.717, 1.165) is 38.8 Å². The molecule has 4 unspecified atom stereocenters. The lowest BCUT2D eigenvalue weighted by atomic mass is 9.99. The van der Waals surface area contributed by atoms with Gasteiger partial charge in [-0.3, -0.25) is 4.79 Å². The molecule has 3 rings (SSSR count). The Balaban J connectivity index is 1.69. The third-order valence-electron chi connectivity index (χ3n) is 4.78. The number of carbonyl (C=O) groups is 1. The van der Waals surface area contributed by atoms with Crippen LogP contribution in [0.3, 0.4) is 0 Å². The number of ether oxygens (including phenoxy) is 1. The first-order chi connectivity index (χ1) is 8.10. The number of aliphatic hydroxyl groups excluding tert-OH is 1. The van der Waals surface area contributed by atoms with Crippen molar-refractivity contribution < 1.29 is 14.6 Å². The molecule has 1 saturated carbocycles. The van der Waals surface area contributed by atoms with E-state index in [4.69, 9.17) is 4.74 Å². The van der Waals surface area contributed by atoms with Gasteiger partial charge in [0.15, 0.2) is 0 Å². The van der Waals surface area contributed by atoms with E-state index in [1.807, 2.05) is 11.8 Å². The zero-order valence-corrected chi connectivity index (χ0v) is 10.4. The molecule has 4 nitrogen and oxygen atoms in total. The van der Waals surface area contributed by atoms with Crippen molar-refractivity contribution in [1.82, 2.24) is 4.90 Å². The molecule has 0 aromatic carbocycles. The quantitative estimate of drug-likeness (QED) is 0.736. The lowest BCUT2D eigenvalue weighted by molar-refractivity contribution is -0.150. The van der Waals surface area contributed by atoms with Crippen LogP contribution in [0.25, 0.3) is 0 Å². The van der Waals surface area contributed by atoms with Gasteiger partial charge in [-0.25, -0.2) is 0 Å². The minimum absolute atomic E-state index is 0.136. The average molecular weight is 239 g/mol. The second-order valence-corrected chi connectivity index (χ2v) is 5.96. The summed E-state index contributed by atoms with van der Waals surface area (Å²) in [5.74, 6) is 0.958. The number of carbonyl (C=O) groups excluding carboxylic acids is 1. The maximum absolute atomic E-state index is 12.4. The van der Waals surface area contributed by atoms with Gasteiger partial charge >= 0.3 is 0 Å². The molecular weight excluding hydrogens is 218 g/mol. The molecule has 2 aliphatic heterocycles. The van der Waals surface area contributed by atoms with Crippen LogP contribution in [-0.2, 0) is 9.53 Å². The lowest BCUT2D eigenvalue weighted by Crippen LogP contribution is -2.46. The molecule has 0 aromatic heterocycles. The summed E-state index contributed by atoms with van der Waals surface area (Å²) in [7, 11) is 0. The van der Waals surface area contributed by atoms with E-state index in [9.17, 15) is 9.90 Å². The van der Waals surface area contributed by atoms with Crippen molar-refractivity contribution in [3.63, 3.8) is 0 Å². The van der Waals surface area contributed by atoms with Crippen molar-refractivity contribution in [3.8, 4) is 0 Å². The summed E-state index contributed by atoms with van der Waals surface area (Å²) in [6, 6.07) is 0. The highest BCUT2D eigenvalue weighted by Crippen LogP contribution is 2.39. The number of nitrogens with zero attached hydrogens (tertiary/aromatic N) is 1. The summed E-state index contributed by atoms with van der Waals surface area (Å²) < 4.78 is 5.61. The Bertz CT molecular complexity index is 325. The van der Waals surface area contributed by atoms with Crippen LogP contribution in [0.1, 0.15) is 32.6 Å². The minimum Gasteiger partial charge on any atom is -0.393 e. The maximum Gasteiger partial charge on any atom is 0.254 e. The molecule has 96 valence electrons. The van der Waals surface area contributed by atoms with Crippen LogP contribution >= 0.6 is 0 Å². The maximum atomic E-state index is 12.4. The number of likely N-dealkylation sites (tertiary alicyclic amines) is 1. The molecule has 0 spiro atoms. The third-order valence-corrected chi connectivity index (χ3v) is 4.78. The Morgan fingerprint density at radius 3 is 2.88 bits per heavy atom. The van der Waals surface area contributed by atoms with Gasteiger partial charge in [-0.1, -0.05) is 0 Å². The number of aliphatic hydroxyl groups is 1. The molecule has 1 N–H and O–H groups in total. The number of rotatable bonds is 1. The van der Waals surface area contributed by atoms with Gasteiger partial charge in [-0.2, -0.15) is 0 Å². The SMILES string of the molecule is CC1(C(=O)N2CC3CCC(O)C3C2)CCCO1. The van der Waals surface area contributed by atoms with Gasteiger partial charge in [0.1, 0.15) is 5.60 Å². The summed E-state index contributed by atoms with van der Waals surface area (Å²) >= 11 is 0. The largest absolute Gasteiger partial charge is 0.393 e. The molecule has 2 heterocycles. The third kappa shape index (κ3) is 1.78. The highest BCUT2D eigenvalue weighted by Gasteiger charge is 2.48. The monoisotopic (exact) mass is 239 g/mol. The van der Waals surface area contributed by atoms with Crippen LogP contribution in [0.5, 0.6) is 0 Å². The summed E-state index contributed by atoms with van der Waals surface area (Å²) in [4.78, 5) is 14.3. The van der Waals surface area contributed by atoms with Crippen molar-refractivity contribution in [3.05, 3.63) is 0 Å². The van der Waals surface area contributed by atoms with Gasteiger partial charge in [-0.05, 0) is 38.5 Å². The smallest absolute Gasteiger partial charge is 0.254 e. The molecule has 3 aliphatic rings. The molecule has 0 aromatic rings. The van der Waals surface area contributed by atoms with Crippen molar-refractivity contribution in [2.45, 2.75) is 44.3 Å². The standard InChI is InChI=1S/C13H21NO3/c1-13(5-2-6-17-13)12(16)14-7-9-3-4-11(15)10(9)8-14/h9-11,15H,2-8H2,1H3. The van der Waals surface area contributed by atoms with E-state index in [1.54, 1.807) is 0 Å². The van der Waals surface area contributed by atoms with Crippen molar-refractivity contribution in [1.29, 1.82) is 0 Å². The molecule has 2 saturated heterocycles. The molecule has 1 aliphatic carbocycles. The Labute approximate surface area is 102 Å². The topological polar surface area (TPSA) is 49.8 Å². The Kier molecular flexibility index (Phi) is 2.67. The van der Waals surface area contributed by atoms with E-state index in [-0.39, 0.29) is 12.0 Å². The van der Waals surface area contributed by atoms with E-state index in [2.05, 4.69) is 0 Å². The molecule has 1 amide bonds. The highest BCUT2D eigenvalue weighted by atomic mass is 16.5. The number of hydrogen-bond donors (Lipinski definition) is 1. The Morgan fingerprint density at radius 1 is 1.41 bits per heavy atom. The first kappa shape index (κ1) is 11.5. The van der Waals surface area contributed by atoms with E-state index < -0.39 is 5.60 Å². The fourth-order valence-electron chi connectivity index (χ4n) is 3.68. The fraction of sp³-hybridized carbons (Fsp3) is 0.923. The normalized spacial score (nSPS) is 45.3. The van der Waals surface area contributed by atoms with Gasteiger partial charge in [0.25, 0.3) is 5.91 Å². The second-order valence-electron chi connectivity index (χ2n) is 5.96. The van der Waals surface area contributed by atoms with Gasteiger partial charge in [0.05, 0.1) is 6.10 Å². The molecule has 0 radical (unpaired) electrons. The highest BCUT2D eigenvalue weighted by molar-refractivity contribution is 5.85. The predicted octanol–water partition coefficient (Wildman–Crippen LogP) is 0.785. The van der Waals surface area contributed by atoms with Crippen molar-refractivity contribution in [2.24, 2.45) is 11.8 Å². The van der Waals surface area contributed by atoms with Crippen molar-refractivity contribution >= 4 is 5.91 Å². The van der Waals surface area contributed by atoms with Crippen LogP contribution in [0.4, 0.5) is 0 Å². The zero-order chi connectivity index (χ0) is 12.0. The van der Waals surface area contributed by atoms with Crippen LogP contribution < -0.4 is 0 Å². The van der Waals surface area contributed by atoms with Crippen LogP contribution in [-0.4, -0.2) is 47.3 Å². The van der Waals surface area contributed by atoms with Crippen LogP contribution in [0, 0.1) is 11.8 Å². The van der Waals surface area contributed by atoms with E-state index in [0.29, 0.717) is 18.4 Å². The predicted molar refractivity (Wildman–Crippen MR) is 62.4 cm³/mol. The number of fused-ring (bicyclic) bond motifs is 1. The first-order valence-corrected chi connectivity index (χ1v) is 6.71. The van der Waals surface area contributed by atoms with Gasteiger partial charge in [0.2, 0.25) is 0 Å². The van der Waals surface area contributed by atoms with E-state index >= 15 is 0 Å². The van der Waals surface area contributed by atoms with Gasteiger partial charge in [-0.15, -0.1) is 0 Å². The lowest BCUT2D eigenvalue weighted by Gasteiger charge is -2.28. The molecule has 0 bridgehead atoms. The molecule has 4 heteroatoms. The molecular formula is C13H21NO3. The van der Waals surface area contributed by atoms with Gasteiger partial charge < -0.3 is 14.7 Å². The van der Waals surface area contributed by atoms with Gasteiger partial charge in [0, 0.05) is 25.6 Å². The van der Waals surface area contributed by atoms with Crippen LogP contribution in [0.2, 0.25) is 0 Å². The molecule has 4 atom stereocenters. The molecule has 17 heavy (non-hydrogen) atoms. The Hall–Kier alpha value is -0.610. The molecule has 3 fully saturated rings.